The Morgan fingerprint density at radius 1 is 1.47 bits per heavy atom. The summed E-state index contributed by atoms with van der Waals surface area (Å²) in [5.74, 6) is 0.452. The van der Waals surface area contributed by atoms with Gasteiger partial charge < -0.3 is 9.15 Å². The first kappa shape index (κ1) is 13.2. The summed E-state index contributed by atoms with van der Waals surface area (Å²) in [4.78, 5) is 11.8. The number of para-hydroxylation sites is 1. The SMILES string of the molecule is CCC(C)C(=O)COc1c(C#N)oc2ccccc12. The second-order valence-corrected chi connectivity index (χ2v) is 4.43. The number of ether oxygens (including phenoxy) is 1. The number of benzene rings is 1. The van der Waals surface area contributed by atoms with Crippen LogP contribution in [0.3, 0.4) is 0 Å². The maximum atomic E-state index is 11.8. The van der Waals surface area contributed by atoms with Gasteiger partial charge in [-0.3, -0.25) is 4.79 Å². The largest absolute Gasteiger partial charge is 0.480 e. The van der Waals surface area contributed by atoms with Gasteiger partial charge in [0.05, 0.1) is 5.39 Å². The van der Waals surface area contributed by atoms with E-state index in [-0.39, 0.29) is 24.1 Å². The summed E-state index contributed by atoms with van der Waals surface area (Å²) in [6.45, 7) is 3.79. The van der Waals surface area contributed by atoms with Crippen molar-refractivity contribution in [1.82, 2.24) is 0 Å². The molecule has 0 saturated heterocycles. The molecule has 0 aliphatic heterocycles. The van der Waals surface area contributed by atoms with Crippen LogP contribution >= 0.6 is 0 Å². The fourth-order valence-electron chi connectivity index (χ4n) is 1.75. The van der Waals surface area contributed by atoms with Crippen LogP contribution in [0.15, 0.2) is 28.7 Å². The maximum absolute atomic E-state index is 11.8. The summed E-state index contributed by atoms with van der Waals surface area (Å²) < 4.78 is 10.9. The number of rotatable bonds is 5. The Morgan fingerprint density at radius 2 is 2.21 bits per heavy atom. The van der Waals surface area contributed by atoms with Crippen LogP contribution in [-0.4, -0.2) is 12.4 Å². The smallest absolute Gasteiger partial charge is 0.246 e. The zero-order valence-corrected chi connectivity index (χ0v) is 11.0. The molecule has 4 nitrogen and oxygen atoms in total. The van der Waals surface area contributed by atoms with Crippen LogP contribution in [0.4, 0.5) is 0 Å². The Kier molecular flexibility index (Phi) is 3.86. The lowest BCUT2D eigenvalue weighted by molar-refractivity contribution is -0.124. The third-order valence-electron chi connectivity index (χ3n) is 3.17. The van der Waals surface area contributed by atoms with E-state index < -0.39 is 0 Å². The summed E-state index contributed by atoms with van der Waals surface area (Å²) >= 11 is 0. The molecule has 0 bridgehead atoms. The number of fused-ring (bicyclic) bond motifs is 1. The van der Waals surface area contributed by atoms with Crippen molar-refractivity contribution in [1.29, 1.82) is 5.26 Å². The standard InChI is InChI=1S/C15H15NO3/c1-3-10(2)12(17)9-18-15-11-6-4-5-7-13(11)19-14(15)8-16/h4-7,10H,3,9H2,1-2H3. The monoisotopic (exact) mass is 257 g/mol. The Hall–Kier alpha value is -2.28. The van der Waals surface area contributed by atoms with Gasteiger partial charge in [-0.1, -0.05) is 26.0 Å². The predicted octanol–water partition coefficient (Wildman–Crippen LogP) is 3.30. The lowest BCUT2D eigenvalue weighted by Crippen LogP contribution is -2.18. The van der Waals surface area contributed by atoms with Crippen LogP contribution in [0.5, 0.6) is 5.75 Å². The Labute approximate surface area is 111 Å². The molecule has 0 saturated carbocycles. The number of carbonyl (C=O) groups is 1. The maximum Gasteiger partial charge on any atom is 0.246 e. The van der Waals surface area contributed by atoms with Gasteiger partial charge in [-0.2, -0.15) is 5.26 Å². The van der Waals surface area contributed by atoms with Crippen LogP contribution in [-0.2, 0) is 4.79 Å². The molecule has 1 heterocycles. The van der Waals surface area contributed by atoms with Crippen molar-refractivity contribution >= 4 is 16.8 Å². The highest BCUT2D eigenvalue weighted by molar-refractivity contribution is 5.87. The van der Waals surface area contributed by atoms with Gasteiger partial charge >= 0.3 is 0 Å². The van der Waals surface area contributed by atoms with Gasteiger partial charge in [0.25, 0.3) is 0 Å². The molecule has 4 heteroatoms. The molecule has 0 N–H and O–H groups in total. The molecule has 2 rings (SSSR count). The van der Waals surface area contributed by atoms with Gasteiger partial charge in [0.15, 0.2) is 11.5 Å². The number of nitriles is 1. The first-order valence-corrected chi connectivity index (χ1v) is 6.24. The van der Waals surface area contributed by atoms with Crippen molar-refractivity contribution in [3.8, 4) is 11.8 Å². The highest BCUT2D eigenvalue weighted by atomic mass is 16.5. The minimum absolute atomic E-state index is 0.0247. The van der Waals surface area contributed by atoms with Crippen molar-refractivity contribution in [3.05, 3.63) is 30.0 Å². The number of hydrogen-bond acceptors (Lipinski definition) is 4. The number of Topliss-reactive ketones (excluding diaryl/α,β-unsaturated/α-hetero) is 1. The molecule has 0 aliphatic carbocycles. The summed E-state index contributed by atoms with van der Waals surface area (Å²) in [6, 6.07) is 9.18. The van der Waals surface area contributed by atoms with Crippen molar-refractivity contribution < 1.29 is 13.9 Å². The van der Waals surface area contributed by atoms with E-state index in [1.165, 1.54) is 0 Å². The molecule has 0 amide bonds. The molecular formula is C15H15NO3. The summed E-state index contributed by atoms with van der Waals surface area (Å²) in [5.41, 5.74) is 0.588. The molecule has 0 fully saturated rings. The lowest BCUT2D eigenvalue weighted by Gasteiger charge is -2.08. The molecule has 98 valence electrons. The van der Waals surface area contributed by atoms with E-state index in [9.17, 15) is 4.79 Å². The van der Waals surface area contributed by atoms with Crippen LogP contribution in [0.1, 0.15) is 26.0 Å². The molecule has 1 unspecified atom stereocenters. The molecule has 0 aliphatic rings. The summed E-state index contributed by atoms with van der Waals surface area (Å²) in [5, 5.41) is 9.75. The molecule has 0 radical (unpaired) electrons. The van der Waals surface area contributed by atoms with Gasteiger partial charge in [-0.05, 0) is 18.6 Å². The van der Waals surface area contributed by atoms with Gasteiger partial charge in [0.1, 0.15) is 18.3 Å². The topological polar surface area (TPSA) is 63.2 Å². The molecule has 1 aromatic carbocycles. The fraction of sp³-hybridized carbons (Fsp3) is 0.333. The lowest BCUT2D eigenvalue weighted by atomic mass is 10.0. The van der Waals surface area contributed by atoms with Crippen LogP contribution in [0.2, 0.25) is 0 Å². The fourth-order valence-corrected chi connectivity index (χ4v) is 1.75. The third kappa shape index (κ3) is 2.60. The van der Waals surface area contributed by atoms with Gasteiger partial charge in [0, 0.05) is 5.92 Å². The quantitative estimate of drug-likeness (QED) is 0.824. The normalized spacial score (nSPS) is 12.1. The van der Waals surface area contributed by atoms with E-state index in [1.807, 2.05) is 38.1 Å². The highest BCUT2D eigenvalue weighted by Crippen LogP contribution is 2.32. The van der Waals surface area contributed by atoms with Crippen molar-refractivity contribution in [3.63, 3.8) is 0 Å². The number of furan rings is 1. The first-order chi connectivity index (χ1) is 9.17. The summed E-state index contributed by atoms with van der Waals surface area (Å²) in [7, 11) is 0. The van der Waals surface area contributed by atoms with E-state index >= 15 is 0 Å². The van der Waals surface area contributed by atoms with Gasteiger partial charge in [0.2, 0.25) is 5.76 Å². The number of nitrogens with zero attached hydrogens (tertiary/aromatic N) is 1. The molecule has 19 heavy (non-hydrogen) atoms. The Morgan fingerprint density at radius 3 is 2.89 bits per heavy atom. The average Bonchev–Trinajstić information content (AvgIpc) is 2.81. The number of ketones is 1. The minimum Gasteiger partial charge on any atom is -0.480 e. The minimum atomic E-state index is -0.0382. The summed E-state index contributed by atoms with van der Waals surface area (Å²) in [6.07, 6.45) is 0.777. The molecule has 2 aromatic rings. The predicted molar refractivity (Wildman–Crippen MR) is 70.9 cm³/mol. The van der Waals surface area contributed by atoms with Crippen LogP contribution < -0.4 is 4.74 Å². The van der Waals surface area contributed by atoms with Crippen molar-refractivity contribution in [2.24, 2.45) is 5.92 Å². The van der Waals surface area contributed by atoms with E-state index in [1.54, 1.807) is 6.07 Å². The molecule has 0 spiro atoms. The van der Waals surface area contributed by atoms with Crippen molar-refractivity contribution in [2.75, 3.05) is 6.61 Å². The second-order valence-electron chi connectivity index (χ2n) is 4.43. The zero-order chi connectivity index (χ0) is 13.8. The highest BCUT2D eigenvalue weighted by Gasteiger charge is 2.18. The average molecular weight is 257 g/mol. The Balaban J connectivity index is 2.25. The first-order valence-electron chi connectivity index (χ1n) is 6.24. The van der Waals surface area contributed by atoms with E-state index in [2.05, 4.69) is 0 Å². The van der Waals surface area contributed by atoms with Gasteiger partial charge in [-0.15, -0.1) is 0 Å². The number of carbonyl (C=O) groups excluding carboxylic acids is 1. The Bertz CT molecular complexity index is 636. The van der Waals surface area contributed by atoms with Crippen LogP contribution in [0.25, 0.3) is 11.0 Å². The van der Waals surface area contributed by atoms with Crippen molar-refractivity contribution in [2.45, 2.75) is 20.3 Å². The third-order valence-corrected chi connectivity index (χ3v) is 3.17. The number of hydrogen-bond donors (Lipinski definition) is 0. The molecular weight excluding hydrogens is 242 g/mol. The van der Waals surface area contributed by atoms with Gasteiger partial charge in [-0.25, -0.2) is 0 Å². The van der Waals surface area contributed by atoms with E-state index in [0.717, 1.165) is 11.8 Å². The second kappa shape index (κ2) is 5.57. The molecule has 1 aromatic heterocycles. The van der Waals surface area contributed by atoms with E-state index in [0.29, 0.717) is 11.3 Å². The van der Waals surface area contributed by atoms with E-state index in [4.69, 9.17) is 14.4 Å². The molecule has 1 atom stereocenters. The zero-order valence-electron chi connectivity index (χ0n) is 11.0. The van der Waals surface area contributed by atoms with Crippen LogP contribution in [0, 0.1) is 17.2 Å².